The predicted molar refractivity (Wildman–Crippen MR) is 102 cm³/mol. The van der Waals surface area contributed by atoms with Gasteiger partial charge in [0.15, 0.2) is 0 Å². The summed E-state index contributed by atoms with van der Waals surface area (Å²) in [5.74, 6) is -1.11. The molecule has 0 aliphatic heterocycles. The van der Waals surface area contributed by atoms with Crippen molar-refractivity contribution >= 4 is 11.8 Å². The molecule has 2 N–H and O–H groups in total. The Morgan fingerprint density at radius 1 is 0.767 bits per heavy atom. The van der Waals surface area contributed by atoms with Crippen molar-refractivity contribution in [1.29, 1.82) is 0 Å². The summed E-state index contributed by atoms with van der Waals surface area (Å²) in [4.78, 5) is 32.3. The van der Waals surface area contributed by atoms with Gasteiger partial charge in [0.05, 0.1) is 5.56 Å². The molecule has 2 amide bonds. The Kier molecular flexibility index (Phi) is 6.41. The lowest BCUT2D eigenvalue weighted by molar-refractivity contribution is -0.137. The number of aromatic nitrogens is 2. The number of halogens is 3. The molecular formula is C21H17F3N4O2. The number of hydrogen-bond donors (Lipinski definition) is 2. The fraction of sp³-hybridized carbons (Fsp3) is 0.143. The van der Waals surface area contributed by atoms with Crippen LogP contribution in [0.15, 0.2) is 67.0 Å². The van der Waals surface area contributed by atoms with Crippen LogP contribution in [0.5, 0.6) is 0 Å². The van der Waals surface area contributed by atoms with E-state index in [4.69, 9.17) is 0 Å². The first kappa shape index (κ1) is 21.0. The largest absolute Gasteiger partial charge is 0.416 e. The third kappa shape index (κ3) is 5.63. The molecule has 0 aliphatic rings. The van der Waals surface area contributed by atoms with Crippen LogP contribution in [-0.2, 0) is 19.3 Å². The second-order valence-corrected chi connectivity index (χ2v) is 6.34. The van der Waals surface area contributed by atoms with Gasteiger partial charge >= 0.3 is 6.18 Å². The molecule has 0 bridgehead atoms. The molecule has 0 radical (unpaired) electrons. The van der Waals surface area contributed by atoms with Gasteiger partial charge in [-0.15, -0.1) is 0 Å². The van der Waals surface area contributed by atoms with Gasteiger partial charge in [-0.1, -0.05) is 42.5 Å². The van der Waals surface area contributed by atoms with E-state index in [1.165, 1.54) is 18.2 Å². The van der Waals surface area contributed by atoms with Crippen LogP contribution in [0, 0.1) is 0 Å². The van der Waals surface area contributed by atoms with Gasteiger partial charge in [0.1, 0.15) is 17.7 Å². The Morgan fingerprint density at radius 2 is 1.33 bits per heavy atom. The van der Waals surface area contributed by atoms with Crippen LogP contribution in [0.4, 0.5) is 13.2 Å². The number of carbonyl (C=O) groups excluding carboxylic acids is 2. The molecule has 9 heteroatoms. The van der Waals surface area contributed by atoms with Gasteiger partial charge in [0.2, 0.25) is 0 Å². The van der Waals surface area contributed by atoms with Crippen LogP contribution in [-0.4, -0.2) is 21.8 Å². The molecule has 154 valence electrons. The van der Waals surface area contributed by atoms with E-state index in [-0.39, 0.29) is 23.5 Å². The molecule has 0 atom stereocenters. The first-order valence-corrected chi connectivity index (χ1v) is 8.91. The molecule has 6 nitrogen and oxygen atoms in total. The smallest absolute Gasteiger partial charge is 0.347 e. The molecule has 0 saturated heterocycles. The predicted octanol–water partition coefficient (Wildman–Crippen LogP) is 3.36. The number of alkyl halides is 3. The fourth-order valence-electron chi connectivity index (χ4n) is 2.60. The number of rotatable bonds is 6. The zero-order valence-electron chi connectivity index (χ0n) is 15.6. The molecule has 0 saturated carbocycles. The van der Waals surface area contributed by atoms with E-state index in [0.29, 0.717) is 6.54 Å². The first-order valence-electron chi connectivity index (χ1n) is 8.91. The normalized spacial score (nSPS) is 11.0. The molecule has 1 aromatic heterocycles. The lowest BCUT2D eigenvalue weighted by Gasteiger charge is -2.10. The van der Waals surface area contributed by atoms with Crippen molar-refractivity contribution in [2.24, 2.45) is 0 Å². The van der Waals surface area contributed by atoms with E-state index in [0.717, 1.165) is 24.0 Å². The minimum Gasteiger partial charge on any atom is -0.347 e. The maximum Gasteiger partial charge on any atom is 0.416 e. The number of benzene rings is 2. The van der Waals surface area contributed by atoms with Gasteiger partial charge in [-0.2, -0.15) is 13.2 Å². The minimum atomic E-state index is -4.46. The van der Waals surface area contributed by atoms with Crippen molar-refractivity contribution < 1.29 is 22.8 Å². The molecule has 3 aromatic rings. The number of amides is 2. The number of nitrogens with zero attached hydrogens (tertiary/aromatic N) is 2. The lowest BCUT2D eigenvalue weighted by atomic mass is 10.1. The quantitative estimate of drug-likeness (QED) is 0.648. The first-order chi connectivity index (χ1) is 14.3. The summed E-state index contributed by atoms with van der Waals surface area (Å²) in [6.07, 6.45) is -3.38. The highest BCUT2D eigenvalue weighted by Crippen LogP contribution is 2.29. The zero-order valence-corrected chi connectivity index (χ0v) is 15.6. The Morgan fingerprint density at radius 3 is 1.93 bits per heavy atom. The molecule has 0 unspecified atom stereocenters. The summed E-state index contributed by atoms with van der Waals surface area (Å²) in [7, 11) is 0. The van der Waals surface area contributed by atoms with E-state index in [2.05, 4.69) is 20.6 Å². The Labute approximate surface area is 170 Å². The van der Waals surface area contributed by atoms with Gasteiger partial charge in [-0.3, -0.25) is 9.59 Å². The van der Waals surface area contributed by atoms with Gasteiger partial charge in [0, 0.05) is 19.2 Å². The van der Waals surface area contributed by atoms with Crippen molar-refractivity contribution in [3.05, 3.63) is 95.1 Å². The topological polar surface area (TPSA) is 84.0 Å². The second-order valence-electron chi connectivity index (χ2n) is 6.34. The lowest BCUT2D eigenvalue weighted by Crippen LogP contribution is -2.27. The highest BCUT2D eigenvalue weighted by molar-refractivity contribution is 5.97. The molecule has 2 aromatic carbocycles. The van der Waals surface area contributed by atoms with E-state index in [1.54, 1.807) is 0 Å². The Balaban J connectivity index is 1.61. The van der Waals surface area contributed by atoms with E-state index >= 15 is 0 Å². The number of nitrogens with one attached hydrogen (secondary N) is 2. The number of hydrogen-bond acceptors (Lipinski definition) is 4. The van der Waals surface area contributed by atoms with Crippen molar-refractivity contribution in [2.75, 3.05) is 0 Å². The zero-order chi connectivity index (χ0) is 21.6. The summed E-state index contributed by atoms with van der Waals surface area (Å²) >= 11 is 0. The maximum absolute atomic E-state index is 12.8. The van der Waals surface area contributed by atoms with Crippen LogP contribution in [0.25, 0.3) is 0 Å². The van der Waals surface area contributed by atoms with E-state index in [9.17, 15) is 22.8 Å². The maximum atomic E-state index is 12.8. The van der Waals surface area contributed by atoms with Gasteiger partial charge in [-0.05, 0) is 23.3 Å². The number of carbonyl (C=O) groups is 2. The Hall–Kier alpha value is -3.75. The molecule has 0 spiro atoms. The van der Waals surface area contributed by atoms with E-state index in [1.807, 2.05) is 30.3 Å². The SMILES string of the molecule is O=C(NCc1ccccc1)c1cc(C(=O)NCc2cccc(C(F)(F)F)c2)ncn1. The van der Waals surface area contributed by atoms with Crippen LogP contribution in [0.2, 0.25) is 0 Å². The highest BCUT2D eigenvalue weighted by atomic mass is 19.4. The van der Waals surface area contributed by atoms with Gasteiger partial charge < -0.3 is 10.6 Å². The summed E-state index contributed by atoms with van der Waals surface area (Å²) in [5.41, 5.74) is 0.327. The third-order valence-electron chi connectivity index (χ3n) is 4.14. The van der Waals surface area contributed by atoms with Gasteiger partial charge in [0.25, 0.3) is 11.8 Å². The molecule has 30 heavy (non-hydrogen) atoms. The van der Waals surface area contributed by atoms with Crippen LogP contribution in [0.3, 0.4) is 0 Å². The molecule has 0 aliphatic carbocycles. The summed E-state index contributed by atoms with van der Waals surface area (Å²) in [5, 5.41) is 5.18. The minimum absolute atomic E-state index is 0.00477. The molecule has 1 heterocycles. The van der Waals surface area contributed by atoms with Crippen molar-refractivity contribution in [3.63, 3.8) is 0 Å². The molecule has 0 fully saturated rings. The second kappa shape index (κ2) is 9.17. The van der Waals surface area contributed by atoms with Crippen LogP contribution < -0.4 is 10.6 Å². The fourth-order valence-corrected chi connectivity index (χ4v) is 2.60. The highest BCUT2D eigenvalue weighted by Gasteiger charge is 2.30. The monoisotopic (exact) mass is 414 g/mol. The summed E-state index contributed by atoms with van der Waals surface area (Å²) in [6.45, 7) is 0.170. The van der Waals surface area contributed by atoms with Crippen LogP contribution >= 0.6 is 0 Å². The average Bonchev–Trinajstić information content (AvgIpc) is 2.76. The summed E-state index contributed by atoms with van der Waals surface area (Å²) < 4.78 is 38.3. The standard InChI is InChI=1S/C21H17F3N4O2/c22-21(23,24)16-8-4-7-15(9-16)12-26-20(30)18-10-17(27-13-28-18)19(29)25-11-14-5-2-1-3-6-14/h1-10,13H,11-12H2,(H,25,29)(H,26,30). The van der Waals surface area contributed by atoms with Gasteiger partial charge in [-0.25, -0.2) is 9.97 Å². The van der Waals surface area contributed by atoms with Crippen LogP contribution in [0.1, 0.15) is 37.7 Å². The van der Waals surface area contributed by atoms with E-state index < -0.39 is 23.6 Å². The van der Waals surface area contributed by atoms with Crippen molar-refractivity contribution in [1.82, 2.24) is 20.6 Å². The van der Waals surface area contributed by atoms with Crippen molar-refractivity contribution in [2.45, 2.75) is 19.3 Å². The average molecular weight is 414 g/mol. The van der Waals surface area contributed by atoms with Crippen molar-refractivity contribution in [3.8, 4) is 0 Å². The molecule has 3 rings (SSSR count). The Bertz CT molecular complexity index is 1040. The third-order valence-corrected chi connectivity index (χ3v) is 4.14. The summed E-state index contributed by atoms with van der Waals surface area (Å²) in [6, 6.07) is 15.1. The molecular weight excluding hydrogens is 397 g/mol.